The predicted octanol–water partition coefficient (Wildman–Crippen LogP) is 6.13. The van der Waals surface area contributed by atoms with Gasteiger partial charge in [-0.15, -0.1) is 0 Å². The van der Waals surface area contributed by atoms with Crippen molar-refractivity contribution < 1.29 is 38.6 Å². The van der Waals surface area contributed by atoms with E-state index in [0.29, 0.717) is 12.1 Å². The molecule has 3 unspecified atom stereocenters. The topological polar surface area (TPSA) is 83.1 Å². The van der Waals surface area contributed by atoms with Gasteiger partial charge in [-0.05, 0) is 109 Å². The van der Waals surface area contributed by atoms with E-state index in [-0.39, 0.29) is 0 Å². The standard InChI is InChI=1S/C23H60O9Si7/c1-24-39(25-2,26-3)21-20-38(14,30-35(8,9)10)32-36(11,12)31-37(13,29-33(4)28-34(5,6)7)19-15-18-27-22-23-16-17-23/h23,33H,15-22H2,1-14H3. The van der Waals surface area contributed by atoms with E-state index in [4.69, 9.17) is 38.6 Å². The van der Waals surface area contributed by atoms with Crippen LogP contribution >= 0.6 is 0 Å². The summed E-state index contributed by atoms with van der Waals surface area (Å²) in [6.07, 6.45) is 3.52. The first kappa shape index (κ1) is 38.2. The van der Waals surface area contributed by atoms with E-state index < -0.39 is 60.4 Å². The molecule has 9 nitrogen and oxygen atoms in total. The number of hydrogen-bond acceptors (Lipinski definition) is 9. The Morgan fingerprint density at radius 2 is 1.18 bits per heavy atom. The van der Waals surface area contributed by atoms with E-state index in [0.717, 1.165) is 31.6 Å². The van der Waals surface area contributed by atoms with Gasteiger partial charge < -0.3 is 38.6 Å². The Bertz CT molecular complexity index is 707. The largest absolute Gasteiger partial charge is 0.500 e. The second-order valence-electron chi connectivity index (χ2n) is 13.4. The molecule has 0 heterocycles. The van der Waals surface area contributed by atoms with Gasteiger partial charge in [0, 0.05) is 40.6 Å². The van der Waals surface area contributed by atoms with Crippen molar-refractivity contribution in [2.24, 2.45) is 5.92 Å². The van der Waals surface area contributed by atoms with Gasteiger partial charge in [-0.2, -0.15) is 0 Å². The van der Waals surface area contributed by atoms with Crippen LogP contribution in [-0.2, 0) is 38.6 Å². The Labute approximate surface area is 248 Å². The van der Waals surface area contributed by atoms with Crippen LogP contribution in [0.1, 0.15) is 19.3 Å². The van der Waals surface area contributed by atoms with E-state index in [1.165, 1.54) is 12.8 Å². The SMILES string of the molecule is CO[Si](CC[Si](C)(O[Si](C)(C)C)O[Si](C)(C)O[Si](C)(CCCOCC1CC1)O[SiH](C)O[Si](C)(C)C)(OC)OC. The van der Waals surface area contributed by atoms with Crippen LogP contribution in [0.15, 0.2) is 0 Å². The summed E-state index contributed by atoms with van der Waals surface area (Å²) in [4.78, 5) is 0. The Kier molecular flexibility index (Phi) is 15.4. The summed E-state index contributed by atoms with van der Waals surface area (Å²) in [7, 11) is -11.3. The van der Waals surface area contributed by atoms with Gasteiger partial charge in [0.15, 0.2) is 16.6 Å². The average molecular weight is 677 g/mol. The molecule has 1 rings (SSSR count). The third kappa shape index (κ3) is 16.5. The lowest BCUT2D eigenvalue weighted by Crippen LogP contribution is -2.60. The molecule has 0 saturated heterocycles. The maximum absolute atomic E-state index is 7.01. The molecule has 0 bridgehead atoms. The monoisotopic (exact) mass is 676 g/mol. The number of ether oxygens (including phenoxy) is 1. The van der Waals surface area contributed by atoms with Gasteiger partial charge in [0.05, 0.1) is 0 Å². The van der Waals surface area contributed by atoms with Crippen molar-refractivity contribution in [2.45, 2.75) is 109 Å². The number of hydrogen-bond donors (Lipinski definition) is 0. The minimum atomic E-state index is -2.77. The zero-order chi connectivity index (χ0) is 30.2. The molecular weight excluding hydrogens is 617 g/mol. The lowest BCUT2D eigenvalue weighted by atomic mass is 10.4. The van der Waals surface area contributed by atoms with Crippen molar-refractivity contribution in [1.29, 1.82) is 0 Å². The highest BCUT2D eigenvalue weighted by molar-refractivity contribution is 6.90. The van der Waals surface area contributed by atoms with E-state index in [9.17, 15) is 0 Å². The van der Waals surface area contributed by atoms with E-state index >= 15 is 0 Å². The van der Waals surface area contributed by atoms with Crippen LogP contribution in [0, 0.1) is 5.92 Å². The Hall–Kier alpha value is 1.16. The van der Waals surface area contributed by atoms with Crippen molar-refractivity contribution in [3.05, 3.63) is 0 Å². The smallest absolute Gasteiger partial charge is 0.439 e. The van der Waals surface area contributed by atoms with Crippen LogP contribution < -0.4 is 0 Å². The van der Waals surface area contributed by atoms with Crippen molar-refractivity contribution in [3.63, 3.8) is 0 Å². The average Bonchev–Trinajstić information content (AvgIpc) is 3.55. The van der Waals surface area contributed by atoms with Crippen LogP contribution in [-0.4, -0.2) is 94.9 Å². The van der Waals surface area contributed by atoms with E-state index in [1.54, 1.807) is 21.3 Å². The second kappa shape index (κ2) is 15.8. The van der Waals surface area contributed by atoms with Gasteiger partial charge in [-0.25, -0.2) is 0 Å². The highest BCUT2D eigenvalue weighted by Gasteiger charge is 2.50. The van der Waals surface area contributed by atoms with E-state index in [1.807, 2.05) is 0 Å². The highest BCUT2D eigenvalue weighted by Crippen LogP contribution is 2.32. The summed E-state index contributed by atoms with van der Waals surface area (Å²) in [6, 6.07) is 2.19. The van der Waals surface area contributed by atoms with Crippen molar-refractivity contribution in [2.75, 3.05) is 34.5 Å². The zero-order valence-corrected chi connectivity index (χ0v) is 34.6. The van der Waals surface area contributed by atoms with Crippen molar-refractivity contribution in [3.8, 4) is 0 Å². The minimum absolute atomic E-state index is 0.631. The normalized spacial score (nSPS) is 19.5. The Balaban J connectivity index is 3.06. The molecule has 1 fully saturated rings. The zero-order valence-electron chi connectivity index (χ0n) is 27.5. The molecule has 0 N–H and O–H groups in total. The quantitative estimate of drug-likeness (QED) is 0.0994. The highest BCUT2D eigenvalue weighted by atomic mass is 28.5. The maximum atomic E-state index is 7.01. The molecule has 0 aromatic carbocycles. The van der Waals surface area contributed by atoms with Crippen molar-refractivity contribution >= 4 is 60.4 Å². The molecular formula is C23H60O9Si7. The summed E-state index contributed by atoms with van der Waals surface area (Å²) in [6.45, 7) is 25.6. The van der Waals surface area contributed by atoms with Crippen LogP contribution in [0.4, 0.5) is 0 Å². The van der Waals surface area contributed by atoms with E-state index in [2.05, 4.69) is 72.0 Å². The second-order valence-corrected chi connectivity index (χ2v) is 38.8. The Morgan fingerprint density at radius 1 is 0.641 bits per heavy atom. The minimum Gasteiger partial charge on any atom is -0.439 e. The van der Waals surface area contributed by atoms with Gasteiger partial charge in [-0.3, -0.25) is 0 Å². The fourth-order valence-electron chi connectivity index (χ4n) is 4.80. The van der Waals surface area contributed by atoms with Crippen LogP contribution in [0.3, 0.4) is 0 Å². The molecule has 0 amide bonds. The molecule has 16 heteroatoms. The molecule has 1 aliphatic rings. The Morgan fingerprint density at radius 3 is 1.64 bits per heavy atom. The molecule has 0 aliphatic heterocycles. The predicted molar refractivity (Wildman–Crippen MR) is 175 cm³/mol. The molecule has 3 atom stereocenters. The van der Waals surface area contributed by atoms with Gasteiger partial charge in [0.25, 0.3) is 9.28 Å². The van der Waals surface area contributed by atoms with Gasteiger partial charge in [-0.1, -0.05) is 0 Å². The van der Waals surface area contributed by atoms with Crippen LogP contribution in [0.25, 0.3) is 0 Å². The van der Waals surface area contributed by atoms with Crippen LogP contribution in [0.2, 0.25) is 90.1 Å². The summed E-state index contributed by atoms with van der Waals surface area (Å²) in [5.74, 6) is 0.767. The summed E-state index contributed by atoms with van der Waals surface area (Å²) in [5, 5.41) is 0. The molecule has 1 aliphatic carbocycles. The molecule has 0 aromatic heterocycles. The van der Waals surface area contributed by atoms with Gasteiger partial charge in [0.1, 0.15) is 0 Å². The third-order valence-corrected chi connectivity index (χ3v) is 30.9. The van der Waals surface area contributed by atoms with Crippen LogP contribution in [0.5, 0.6) is 0 Å². The maximum Gasteiger partial charge on any atom is 0.500 e. The molecule has 0 spiro atoms. The molecule has 0 aromatic rings. The number of rotatable bonds is 22. The van der Waals surface area contributed by atoms with Crippen molar-refractivity contribution in [1.82, 2.24) is 0 Å². The summed E-state index contributed by atoms with van der Waals surface area (Å²) in [5.41, 5.74) is 0. The first-order valence-corrected chi connectivity index (χ1v) is 33.1. The summed E-state index contributed by atoms with van der Waals surface area (Å²) >= 11 is 0. The fourth-order valence-corrected chi connectivity index (χ4v) is 34.1. The molecule has 1 saturated carbocycles. The van der Waals surface area contributed by atoms with Gasteiger partial charge in [0.2, 0.25) is 0 Å². The summed E-state index contributed by atoms with van der Waals surface area (Å²) < 4.78 is 57.0. The lowest BCUT2D eigenvalue weighted by Gasteiger charge is -2.43. The van der Waals surface area contributed by atoms with Gasteiger partial charge >= 0.3 is 34.5 Å². The first-order chi connectivity index (χ1) is 17.7. The molecule has 0 radical (unpaired) electrons. The third-order valence-electron chi connectivity index (χ3n) is 6.17. The fraction of sp³-hybridized carbons (Fsp3) is 1.00. The molecule has 39 heavy (non-hydrogen) atoms. The first-order valence-electron chi connectivity index (χ1n) is 14.4. The lowest BCUT2D eigenvalue weighted by molar-refractivity contribution is 0.123. The molecule has 234 valence electrons.